The minimum Gasteiger partial charge on any atom is -0.388 e. The SMILES string of the molecule is CCN(C(=O)c1cccc(-c2cc(F)ccc2C(C)=O)c1)[C@H]1COC[C@@H]1O. The molecule has 0 aliphatic carbocycles. The second-order valence-electron chi connectivity index (χ2n) is 6.59. The highest BCUT2D eigenvalue weighted by atomic mass is 19.1. The van der Waals surface area contributed by atoms with Crippen LogP contribution in [-0.4, -0.2) is 53.6 Å². The standard InChI is InChI=1S/C21H22FNO4/c1-3-23(19-11-27-12-20(19)25)21(26)15-6-4-5-14(9-15)18-10-16(22)7-8-17(18)13(2)24/h4-10,19-20,25H,3,11-12H2,1-2H3/t19-,20-/m0/s1. The molecular formula is C21H22FNO4. The molecule has 1 N–H and O–H groups in total. The number of carbonyl (C=O) groups excluding carboxylic acids is 2. The fourth-order valence-electron chi connectivity index (χ4n) is 3.41. The largest absolute Gasteiger partial charge is 0.388 e. The van der Waals surface area contributed by atoms with Crippen molar-refractivity contribution < 1.29 is 23.8 Å². The molecule has 0 aromatic heterocycles. The summed E-state index contributed by atoms with van der Waals surface area (Å²) in [7, 11) is 0. The second kappa shape index (κ2) is 7.98. The number of hydrogen-bond acceptors (Lipinski definition) is 4. The van der Waals surface area contributed by atoms with Gasteiger partial charge in [-0.15, -0.1) is 0 Å². The zero-order chi connectivity index (χ0) is 19.6. The van der Waals surface area contributed by atoms with E-state index >= 15 is 0 Å². The molecule has 27 heavy (non-hydrogen) atoms. The van der Waals surface area contributed by atoms with Gasteiger partial charge in [-0.05, 0) is 55.3 Å². The molecule has 1 heterocycles. The predicted molar refractivity (Wildman–Crippen MR) is 99.2 cm³/mol. The Labute approximate surface area is 157 Å². The number of halogens is 1. The molecular weight excluding hydrogens is 349 g/mol. The van der Waals surface area contributed by atoms with Crippen molar-refractivity contribution in [3.63, 3.8) is 0 Å². The number of likely N-dealkylation sites (N-methyl/N-ethyl adjacent to an activating group) is 1. The van der Waals surface area contributed by atoms with E-state index in [1.54, 1.807) is 29.2 Å². The Bertz CT molecular complexity index is 867. The van der Waals surface area contributed by atoms with Crippen LogP contribution in [0.15, 0.2) is 42.5 Å². The van der Waals surface area contributed by atoms with Crippen molar-refractivity contribution in [2.75, 3.05) is 19.8 Å². The van der Waals surface area contributed by atoms with Crippen molar-refractivity contribution in [1.82, 2.24) is 4.90 Å². The van der Waals surface area contributed by atoms with Crippen LogP contribution < -0.4 is 0 Å². The fraction of sp³-hybridized carbons (Fsp3) is 0.333. The number of ether oxygens (including phenoxy) is 1. The summed E-state index contributed by atoms with van der Waals surface area (Å²) in [6.07, 6.45) is -0.718. The van der Waals surface area contributed by atoms with Gasteiger partial charge in [0.05, 0.1) is 25.4 Å². The van der Waals surface area contributed by atoms with Crippen LogP contribution in [0.5, 0.6) is 0 Å². The molecule has 3 rings (SSSR count). The van der Waals surface area contributed by atoms with Gasteiger partial charge < -0.3 is 14.7 Å². The van der Waals surface area contributed by atoms with E-state index in [9.17, 15) is 19.1 Å². The lowest BCUT2D eigenvalue weighted by Gasteiger charge is -2.29. The third-order valence-electron chi connectivity index (χ3n) is 4.80. The van der Waals surface area contributed by atoms with E-state index in [1.807, 2.05) is 6.92 Å². The first-order valence-corrected chi connectivity index (χ1v) is 8.90. The van der Waals surface area contributed by atoms with Gasteiger partial charge in [0.2, 0.25) is 0 Å². The molecule has 2 atom stereocenters. The van der Waals surface area contributed by atoms with Gasteiger partial charge in [-0.2, -0.15) is 0 Å². The van der Waals surface area contributed by atoms with Crippen LogP contribution in [0.2, 0.25) is 0 Å². The molecule has 142 valence electrons. The van der Waals surface area contributed by atoms with Crippen LogP contribution in [0.4, 0.5) is 4.39 Å². The number of ketones is 1. The molecule has 5 nitrogen and oxygen atoms in total. The zero-order valence-corrected chi connectivity index (χ0v) is 15.3. The Morgan fingerprint density at radius 3 is 2.63 bits per heavy atom. The van der Waals surface area contributed by atoms with Crippen molar-refractivity contribution in [1.29, 1.82) is 0 Å². The first-order chi connectivity index (χ1) is 12.9. The Balaban J connectivity index is 1.97. The number of amides is 1. The summed E-state index contributed by atoms with van der Waals surface area (Å²) in [4.78, 5) is 26.5. The number of benzene rings is 2. The molecule has 0 radical (unpaired) electrons. The maximum absolute atomic E-state index is 13.8. The lowest BCUT2D eigenvalue weighted by molar-refractivity contribution is 0.0520. The van der Waals surface area contributed by atoms with E-state index in [1.165, 1.54) is 25.1 Å². The summed E-state index contributed by atoms with van der Waals surface area (Å²) in [5.74, 6) is -0.869. The average molecular weight is 371 g/mol. The topological polar surface area (TPSA) is 66.8 Å². The Hall–Kier alpha value is -2.57. The number of rotatable bonds is 5. The van der Waals surface area contributed by atoms with E-state index in [0.29, 0.717) is 35.4 Å². The molecule has 2 aromatic carbocycles. The van der Waals surface area contributed by atoms with E-state index < -0.39 is 18.0 Å². The average Bonchev–Trinajstić information content (AvgIpc) is 3.08. The molecule has 1 aliphatic heterocycles. The fourth-order valence-corrected chi connectivity index (χ4v) is 3.41. The summed E-state index contributed by atoms with van der Waals surface area (Å²) in [6, 6.07) is 10.4. The third kappa shape index (κ3) is 3.91. The van der Waals surface area contributed by atoms with Gasteiger partial charge >= 0.3 is 0 Å². The van der Waals surface area contributed by atoms with Gasteiger partial charge in [0.1, 0.15) is 5.82 Å². The molecule has 0 bridgehead atoms. The first kappa shape index (κ1) is 19.2. The number of hydrogen-bond donors (Lipinski definition) is 1. The van der Waals surface area contributed by atoms with Crippen molar-refractivity contribution in [2.45, 2.75) is 26.0 Å². The van der Waals surface area contributed by atoms with E-state index in [4.69, 9.17) is 4.74 Å². The van der Waals surface area contributed by atoms with Gasteiger partial charge in [-0.25, -0.2) is 4.39 Å². The van der Waals surface area contributed by atoms with Crippen LogP contribution >= 0.6 is 0 Å². The summed E-state index contributed by atoms with van der Waals surface area (Å²) in [5.41, 5.74) is 1.84. The van der Waals surface area contributed by atoms with Gasteiger partial charge in [0.15, 0.2) is 5.78 Å². The zero-order valence-electron chi connectivity index (χ0n) is 15.3. The summed E-state index contributed by atoms with van der Waals surface area (Å²) >= 11 is 0. The number of nitrogens with zero attached hydrogens (tertiary/aromatic N) is 1. The Kier molecular flexibility index (Phi) is 5.68. The van der Waals surface area contributed by atoms with E-state index in [0.717, 1.165) is 0 Å². The number of aliphatic hydroxyl groups excluding tert-OH is 1. The molecule has 1 saturated heterocycles. The lowest BCUT2D eigenvalue weighted by Crippen LogP contribution is -2.46. The highest BCUT2D eigenvalue weighted by molar-refractivity contribution is 6.02. The van der Waals surface area contributed by atoms with Gasteiger partial charge in [0, 0.05) is 17.7 Å². The quantitative estimate of drug-likeness (QED) is 0.821. The van der Waals surface area contributed by atoms with Gasteiger partial charge in [0.25, 0.3) is 5.91 Å². The summed E-state index contributed by atoms with van der Waals surface area (Å²) < 4.78 is 19.0. The van der Waals surface area contributed by atoms with Crippen LogP contribution in [0.1, 0.15) is 34.6 Å². The van der Waals surface area contributed by atoms with Crippen LogP contribution in [0.25, 0.3) is 11.1 Å². The molecule has 0 unspecified atom stereocenters. The van der Waals surface area contributed by atoms with Crippen molar-refractivity contribution in [3.8, 4) is 11.1 Å². The molecule has 1 amide bonds. The molecule has 0 saturated carbocycles. The maximum Gasteiger partial charge on any atom is 0.254 e. The summed E-state index contributed by atoms with van der Waals surface area (Å²) in [6.45, 7) is 4.19. The minimum absolute atomic E-state index is 0.178. The van der Waals surface area contributed by atoms with Crippen LogP contribution in [-0.2, 0) is 4.74 Å². The smallest absolute Gasteiger partial charge is 0.254 e. The lowest BCUT2D eigenvalue weighted by atomic mass is 9.95. The van der Waals surface area contributed by atoms with Crippen molar-refractivity contribution in [2.24, 2.45) is 0 Å². The molecule has 1 fully saturated rings. The normalized spacial score (nSPS) is 19.1. The van der Waals surface area contributed by atoms with E-state index in [-0.39, 0.29) is 18.3 Å². The Morgan fingerprint density at radius 1 is 1.22 bits per heavy atom. The van der Waals surface area contributed by atoms with Crippen molar-refractivity contribution >= 4 is 11.7 Å². The van der Waals surface area contributed by atoms with Gasteiger partial charge in [-0.1, -0.05) is 12.1 Å². The first-order valence-electron chi connectivity index (χ1n) is 8.90. The number of Topliss-reactive ketones (excluding diaryl/α,β-unsaturated/α-hetero) is 1. The van der Waals surface area contributed by atoms with E-state index in [2.05, 4.69) is 0 Å². The van der Waals surface area contributed by atoms with Crippen LogP contribution in [0, 0.1) is 5.82 Å². The minimum atomic E-state index is -0.718. The highest BCUT2D eigenvalue weighted by Gasteiger charge is 2.34. The summed E-state index contributed by atoms with van der Waals surface area (Å²) in [5, 5.41) is 10.0. The molecule has 0 spiro atoms. The molecule has 1 aliphatic rings. The molecule has 6 heteroatoms. The predicted octanol–water partition coefficient (Wildman–Crippen LogP) is 2.92. The molecule has 2 aromatic rings. The van der Waals surface area contributed by atoms with Crippen molar-refractivity contribution in [3.05, 3.63) is 59.4 Å². The number of aliphatic hydroxyl groups is 1. The highest BCUT2D eigenvalue weighted by Crippen LogP contribution is 2.27. The monoisotopic (exact) mass is 371 g/mol. The van der Waals surface area contributed by atoms with Gasteiger partial charge in [-0.3, -0.25) is 9.59 Å². The Morgan fingerprint density at radius 2 is 2.00 bits per heavy atom. The maximum atomic E-state index is 13.8. The number of carbonyl (C=O) groups is 2. The van der Waals surface area contributed by atoms with Crippen LogP contribution in [0.3, 0.4) is 0 Å². The second-order valence-corrected chi connectivity index (χ2v) is 6.59. The third-order valence-corrected chi connectivity index (χ3v) is 4.80.